The third-order valence-corrected chi connectivity index (χ3v) is 3.98. The highest BCUT2D eigenvalue weighted by atomic mass is 35.5. The highest BCUT2D eigenvalue weighted by Gasteiger charge is 2.18. The zero-order valence-corrected chi connectivity index (χ0v) is 13.2. The van der Waals surface area contributed by atoms with Crippen LogP contribution in [0, 0.1) is 0 Å². The third kappa shape index (κ3) is 5.17. The zero-order valence-electron chi connectivity index (χ0n) is 9.41. The van der Waals surface area contributed by atoms with Crippen LogP contribution in [0.4, 0.5) is 0 Å². The first-order chi connectivity index (χ1) is 8.38. The molecule has 0 heterocycles. The van der Waals surface area contributed by atoms with Crippen LogP contribution in [-0.2, 0) is 0 Å². The van der Waals surface area contributed by atoms with E-state index < -0.39 is 0 Å². The van der Waals surface area contributed by atoms with Crippen LogP contribution in [0.15, 0.2) is 0 Å². The Kier molecular flexibility index (Phi) is 9.52. The monoisotopic (exact) mass is 353 g/mol. The van der Waals surface area contributed by atoms with E-state index in [2.05, 4.69) is 5.32 Å². The number of phenols is 1. The molecule has 0 aliphatic heterocycles. The summed E-state index contributed by atoms with van der Waals surface area (Å²) in [6, 6.07) is 0. The average molecular weight is 355 g/mol. The molecule has 0 saturated heterocycles. The van der Waals surface area contributed by atoms with Crippen molar-refractivity contribution in [3.63, 3.8) is 0 Å². The third-order valence-electron chi connectivity index (χ3n) is 1.73. The van der Waals surface area contributed by atoms with Crippen molar-refractivity contribution in [3.05, 3.63) is 25.1 Å². The Morgan fingerprint density at radius 1 is 0.889 bits per heavy atom. The average Bonchev–Trinajstić information content (AvgIpc) is 2.39. The van der Waals surface area contributed by atoms with Crippen LogP contribution in [0.1, 0.15) is 6.92 Å². The summed E-state index contributed by atoms with van der Waals surface area (Å²) in [7, 11) is 0. The summed E-state index contributed by atoms with van der Waals surface area (Å²) in [6.45, 7) is 3.92. The van der Waals surface area contributed by atoms with Gasteiger partial charge in [-0.05, 0) is 6.54 Å². The Balaban J connectivity index is 0.000000411. The molecule has 0 unspecified atom stereocenters. The van der Waals surface area contributed by atoms with Crippen molar-refractivity contribution in [1.29, 1.82) is 0 Å². The number of aromatic hydroxyl groups is 1. The molecule has 3 N–H and O–H groups in total. The molecule has 0 saturated carbocycles. The summed E-state index contributed by atoms with van der Waals surface area (Å²) < 4.78 is 0. The Morgan fingerprint density at radius 2 is 1.28 bits per heavy atom. The maximum atomic E-state index is 9.20. The van der Waals surface area contributed by atoms with Crippen LogP contribution < -0.4 is 5.32 Å². The Hall–Kier alpha value is 0.390. The van der Waals surface area contributed by atoms with Crippen molar-refractivity contribution in [3.8, 4) is 5.75 Å². The van der Waals surface area contributed by atoms with Gasteiger partial charge in [0.05, 0.1) is 21.7 Å². The first kappa shape index (κ1) is 18.4. The summed E-state index contributed by atoms with van der Waals surface area (Å²) in [5.41, 5.74) is 0. The van der Waals surface area contributed by atoms with Crippen LogP contribution in [0.3, 0.4) is 0 Å². The van der Waals surface area contributed by atoms with Crippen LogP contribution in [0.25, 0.3) is 0 Å². The fourth-order valence-corrected chi connectivity index (χ4v) is 1.98. The van der Waals surface area contributed by atoms with Crippen molar-refractivity contribution >= 4 is 58.0 Å². The van der Waals surface area contributed by atoms with Crippen molar-refractivity contribution in [2.45, 2.75) is 6.92 Å². The lowest BCUT2D eigenvalue weighted by atomic mass is 10.3. The van der Waals surface area contributed by atoms with E-state index in [-0.39, 0.29) is 37.5 Å². The van der Waals surface area contributed by atoms with E-state index in [0.29, 0.717) is 0 Å². The number of rotatable bonds is 3. The summed E-state index contributed by atoms with van der Waals surface area (Å²) in [4.78, 5) is 0. The van der Waals surface area contributed by atoms with Gasteiger partial charge in [0, 0.05) is 6.54 Å². The smallest absolute Gasteiger partial charge is 0.155 e. The topological polar surface area (TPSA) is 52.5 Å². The van der Waals surface area contributed by atoms with Crippen LogP contribution in [-0.4, -0.2) is 29.9 Å². The molecule has 0 fully saturated rings. The maximum Gasteiger partial charge on any atom is 0.155 e. The number of aliphatic hydroxyl groups excluding tert-OH is 1. The minimum Gasteiger partial charge on any atom is -0.505 e. The summed E-state index contributed by atoms with van der Waals surface area (Å²) >= 11 is 27.9. The molecule has 0 aliphatic carbocycles. The Labute approximate surface area is 131 Å². The van der Waals surface area contributed by atoms with Gasteiger partial charge in [0.2, 0.25) is 0 Å². The molecular formula is C10H12Cl5NO2. The highest BCUT2D eigenvalue weighted by Crippen LogP contribution is 2.47. The second-order valence-corrected chi connectivity index (χ2v) is 4.89. The second kappa shape index (κ2) is 9.32. The lowest BCUT2D eigenvalue weighted by Gasteiger charge is -2.06. The summed E-state index contributed by atoms with van der Waals surface area (Å²) in [6.07, 6.45) is 0. The number of benzene rings is 1. The fourth-order valence-electron chi connectivity index (χ4n) is 0.849. The molecule has 0 aliphatic rings. The minimum atomic E-state index is -0.363. The van der Waals surface area contributed by atoms with Gasteiger partial charge in [-0.15, -0.1) is 0 Å². The molecular weight excluding hydrogens is 343 g/mol. The van der Waals surface area contributed by atoms with Gasteiger partial charge in [-0.3, -0.25) is 0 Å². The van der Waals surface area contributed by atoms with Gasteiger partial charge < -0.3 is 15.5 Å². The van der Waals surface area contributed by atoms with Gasteiger partial charge >= 0.3 is 0 Å². The number of hydrogen-bond acceptors (Lipinski definition) is 3. The molecule has 0 spiro atoms. The number of aliphatic hydroxyl groups is 1. The molecule has 0 amide bonds. The van der Waals surface area contributed by atoms with Crippen molar-refractivity contribution in [1.82, 2.24) is 5.32 Å². The quantitative estimate of drug-likeness (QED) is 0.432. The SMILES string of the molecule is CCNCCO.Oc1c(Cl)c(Cl)c(Cl)c(Cl)c1Cl. The van der Waals surface area contributed by atoms with Gasteiger partial charge in [-0.2, -0.15) is 0 Å². The van der Waals surface area contributed by atoms with Crippen molar-refractivity contribution < 1.29 is 10.2 Å². The molecule has 0 aromatic heterocycles. The first-order valence-electron chi connectivity index (χ1n) is 4.90. The number of likely N-dealkylation sites (N-methyl/N-ethyl adjacent to an activating group) is 1. The lowest BCUT2D eigenvalue weighted by molar-refractivity contribution is 0.293. The van der Waals surface area contributed by atoms with E-state index in [1.165, 1.54) is 0 Å². The predicted octanol–water partition coefficient (Wildman–Crippen LogP) is 4.25. The molecule has 1 aromatic carbocycles. The lowest BCUT2D eigenvalue weighted by Crippen LogP contribution is -2.16. The van der Waals surface area contributed by atoms with E-state index >= 15 is 0 Å². The van der Waals surface area contributed by atoms with E-state index in [9.17, 15) is 5.11 Å². The zero-order chi connectivity index (χ0) is 14.3. The molecule has 1 rings (SSSR count). The van der Waals surface area contributed by atoms with E-state index in [1.54, 1.807) is 0 Å². The fraction of sp³-hybridized carbons (Fsp3) is 0.400. The molecule has 8 heteroatoms. The van der Waals surface area contributed by atoms with Crippen LogP contribution >= 0.6 is 58.0 Å². The van der Waals surface area contributed by atoms with Gasteiger partial charge in [-0.1, -0.05) is 64.9 Å². The number of nitrogens with one attached hydrogen (secondary N) is 1. The van der Waals surface area contributed by atoms with Gasteiger partial charge in [0.15, 0.2) is 5.75 Å². The molecule has 1 aromatic rings. The van der Waals surface area contributed by atoms with Crippen LogP contribution in [0.5, 0.6) is 5.75 Å². The maximum absolute atomic E-state index is 9.20. The predicted molar refractivity (Wildman–Crippen MR) is 78.8 cm³/mol. The molecule has 3 nitrogen and oxygen atoms in total. The largest absolute Gasteiger partial charge is 0.505 e. The molecule has 104 valence electrons. The number of phenolic OH excluding ortho intramolecular Hbond substituents is 1. The Morgan fingerprint density at radius 3 is 1.56 bits per heavy atom. The molecule has 0 atom stereocenters. The molecule has 0 bridgehead atoms. The minimum absolute atomic E-state index is 0.00904. The van der Waals surface area contributed by atoms with E-state index in [1.807, 2.05) is 6.92 Å². The number of halogens is 5. The van der Waals surface area contributed by atoms with Crippen molar-refractivity contribution in [2.75, 3.05) is 19.7 Å². The van der Waals surface area contributed by atoms with E-state index in [4.69, 9.17) is 63.1 Å². The Bertz CT molecular complexity index is 291. The first-order valence-corrected chi connectivity index (χ1v) is 6.79. The number of hydrogen-bond donors (Lipinski definition) is 3. The van der Waals surface area contributed by atoms with E-state index in [0.717, 1.165) is 13.1 Å². The molecule has 18 heavy (non-hydrogen) atoms. The summed E-state index contributed by atoms with van der Waals surface area (Å²) in [5.74, 6) is -0.363. The standard InChI is InChI=1S/C6HCl5O.C4H11NO/c7-1-2(8)4(10)6(12)5(11)3(1)9;1-2-5-3-4-6/h12H;5-6H,2-4H2,1H3. The van der Waals surface area contributed by atoms with Crippen LogP contribution in [0.2, 0.25) is 25.1 Å². The summed E-state index contributed by atoms with van der Waals surface area (Å²) in [5, 5.41) is 20.1. The second-order valence-electron chi connectivity index (χ2n) is 3.00. The molecule has 0 radical (unpaired) electrons. The van der Waals surface area contributed by atoms with Gasteiger partial charge in [0.1, 0.15) is 10.0 Å². The van der Waals surface area contributed by atoms with Crippen molar-refractivity contribution in [2.24, 2.45) is 0 Å². The normalized spacial score (nSPS) is 9.94. The highest BCUT2D eigenvalue weighted by molar-refractivity contribution is 6.55. The van der Waals surface area contributed by atoms with Gasteiger partial charge in [-0.25, -0.2) is 0 Å². The van der Waals surface area contributed by atoms with Gasteiger partial charge in [0.25, 0.3) is 0 Å².